The molecule has 182 valence electrons. The number of rotatable bonds is 5. The highest BCUT2D eigenvalue weighted by molar-refractivity contribution is 6.33. The van der Waals surface area contributed by atoms with E-state index in [2.05, 4.69) is 32.6 Å². The zero-order valence-corrected chi connectivity index (χ0v) is 21.4. The fourth-order valence-electron chi connectivity index (χ4n) is 5.12. The molecule has 2 atom stereocenters. The molecule has 0 bridgehead atoms. The second kappa shape index (κ2) is 9.85. The number of piperidine rings is 1. The quantitative estimate of drug-likeness (QED) is 0.553. The van der Waals surface area contributed by atoms with Gasteiger partial charge in [-0.1, -0.05) is 25.4 Å². The zero-order valence-electron chi connectivity index (χ0n) is 20.7. The molecule has 1 aromatic carbocycles. The van der Waals surface area contributed by atoms with E-state index in [-0.39, 0.29) is 30.1 Å². The minimum Gasteiger partial charge on any atom is -0.489 e. The van der Waals surface area contributed by atoms with Crippen LogP contribution in [-0.4, -0.2) is 66.2 Å². The molecule has 33 heavy (non-hydrogen) atoms. The minimum absolute atomic E-state index is 0.00105. The molecule has 0 spiro atoms. The molecule has 0 N–H and O–H groups in total. The number of furan rings is 1. The first kappa shape index (κ1) is 24.4. The molecule has 2 unspecified atom stereocenters. The number of fused-ring (bicyclic) bond motifs is 1. The minimum atomic E-state index is -0.0865. The number of morpholine rings is 1. The molecular formula is C26H37ClN2O4. The van der Waals surface area contributed by atoms with Crippen LogP contribution in [0, 0.1) is 0 Å². The summed E-state index contributed by atoms with van der Waals surface area (Å²) in [5.74, 6) is 1.06. The maximum absolute atomic E-state index is 13.5. The fourth-order valence-corrected chi connectivity index (χ4v) is 5.32. The van der Waals surface area contributed by atoms with E-state index in [4.69, 9.17) is 25.5 Å². The van der Waals surface area contributed by atoms with Crippen molar-refractivity contribution >= 4 is 28.5 Å². The number of halogens is 1. The third kappa shape index (κ3) is 5.18. The molecule has 2 fully saturated rings. The van der Waals surface area contributed by atoms with Gasteiger partial charge in [-0.05, 0) is 52.5 Å². The Labute approximate surface area is 202 Å². The van der Waals surface area contributed by atoms with E-state index >= 15 is 0 Å². The smallest absolute Gasteiger partial charge is 0.290 e. The summed E-state index contributed by atoms with van der Waals surface area (Å²) in [6, 6.07) is 4.31. The Kier molecular flexibility index (Phi) is 7.27. The number of ether oxygens (including phenoxy) is 2. The molecule has 0 aliphatic carbocycles. The van der Waals surface area contributed by atoms with E-state index in [1.165, 1.54) is 0 Å². The van der Waals surface area contributed by atoms with Gasteiger partial charge in [0, 0.05) is 49.2 Å². The molecule has 1 aromatic heterocycles. The number of hydrogen-bond donors (Lipinski definition) is 0. The highest BCUT2D eigenvalue weighted by Crippen LogP contribution is 2.39. The summed E-state index contributed by atoms with van der Waals surface area (Å²) in [6.45, 7) is 15.8. The van der Waals surface area contributed by atoms with Crippen LogP contribution in [0.4, 0.5) is 0 Å². The van der Waals surface area contributed by atoms with Crippen molar-refractivity contribution in [1.82, 2.24) is 9.80 Å². The predicted octanol–water partition coefficient (Wildman–Crippen LogP) is 5.71. The second-order valence-electron chi connectivity index (χ2n) is 10.2. The Morgan fingerprint density at radius 1 is 1.09 bits per heavy atom. The number of hydrogen-bond acceptors (Lipinski definition) is 5. The van der Waals surface area contributed by atoms with E-state index in [1.54, 1.807) is 0 Å². The van der Waals surface area contributed by atoms with Crippen LogP contribution < -0.4 is 4.74 Å². The lowest BCUT2D eigenvalue weighted by Crippen LogP contribution is -2.48. The van der Waals surface area contributed by atoms with Gasteiger partial charge < -0.3 is 23.7 Å². The molecule has 4 rings (SSSR count). The average molecular weight is 477 g/mol. The van der Waals surface area contributed by atoms with Crippen LogP contribution in [0.1, 0.15) is 76.4 Å². The molecule has 0 saturated carbocycles. The molecule has 2 saturated heterocycles. The fraction of sp³-hybridized carbons (Fsp3) is 0.654. The Bertz CT molecular complexity index is 984. The maximum atomic E-state index is 13.5. The lowest BCUT2D eigenvalue weighted by molar-refractivity contribution is -0.0592. The summed E-state index contributed by atoms with van der Waals surface area (Å²) in [5.41, 5.74) is 1.55. The molecule has 2 aliphatic rings. The van der Waals surface area contributed by atoms with Gasteiger partial charge in [-0.3, -0.25) is 4.79 Å². The first-order valence-corrected chi connectivity index (χ1v) is 12.6. The highest BCUT2D eigenvalue weighted by atomic mass is 35.5. The number of benzene rings is 1. The molecule has 2 aromatic rings. The molecule has 6 nitrogen and oxygen atoms in total. The number of likely N-dealkylation sites (tertiary alicyclic amines) is 1. The molecule has 0 radical (unpaired) electrons. The first-order valence-electron chi connectivity index (χ1n) is 12.2. The van der Waals surface area contributed by atoms with E-state index in [0.29, 0.717) is 41.2 Å². The van der Waals surface area contributed by atoms with Gasteiger partial charge in [0.25, 0.3) is 5.91 Å². The van der Waals surface area contributed by atoms with Gasteiger partial charge in [-0.25, -0.2) is 0 Å². The Hall–Kier alpha value is -1.76. The predicted molar refractivity (Wildman–Crippen MR) is 132 cm³/mol. The van der Waals surface area contributed by atoms with Crippen molar-refractivity contribution in [3.8, 4) is 5.75 Å². The van der Waals surface area contributed by atoms with Crippen LogP contribution >= 0.6 is 11.6 Å². The number of nitrogens with zero attached hydrogens (tertiary/aromatic N) is 2. The third-order valence-electron chi connectivity index (χ3n) is 6.76. The third-order valence-corrected chi connectivity index (χ3v) is 7.06. The van der Waals surface area contributed by atoms with Crippen LogP contribution in [-0.2, 0) is 4.74 Å². The standard InChI is InChI=1S/C26H37ClN2O4/c1-15(2)24-20-11-21(27)23(32-19-7-9-28(10-8-19)16(3)4)12-22(20)33-25(24)26(30)29-13-17(5)31-18(6)14-29/h11-12,15-19H,7-10,13-14H2,1-6H3. The first-order chi connectivity index (χ1) is 15.6. The van der Waals surface area contributed by atoms with Crippen LogP contribution in [0.15, 0.2) is 16.5 Å². The van der Waals surface area contributed by atoms with Crippen molar-refractivity contribution in [2.24, 2.45) is 0 Å². The van der Waals surface area contributed by atoms with Crippen LogP contribution in [0.2, 0.25) is 5.02 Å². The van der Waals surface area contributed by atoms with Crippen LogP contribution in [0.25, 0.3) is 11.0 Å². The van der Waals surface area contributed by atoms with E-state index in [9.17, 15) is 4.79 Å². The van der Waals surface area contributed by atoms with Crippen molar-refractivity contribution < 1.29 is 18.7 Å². The SMILES string of the molecule is CC1CN(C(=O)c2oc3cc(OC4CCN(C(C)C)CC4)c(Cl)cc3c2C(C)C)CC(C)O1. The normalized spacial score (nSPS) is 23.1. The maximum Gasteiger partial charge on any atom is 0.290 e. The Balaban J connectivity index is 1.61. The summed E-state index contributed by atoms with van der Waals surface area (Å²) in [6.07, 6.45) is 2.08. The number of carbonyl (C=O) groups is 1. The summed E-state index contributed by atoms with van der Waals surface area (Å²) >= 11 is 6.67. The summed E-state index contributed by atoms with van der Waals surface area (Å²) in [7, 11) is 0. The van der Waals surface area contributed by atoms with Gasteiger partial charge in [-0.2, -0.15) is 0 Å². The lowest BCUT2D eigenvalue weighted by Gasteiger charge is -2.35. The molecule has 2 aliphatic heterocycles. The van der Waals surface area contributed by atoms with Gasteiger partial charge in [0.05, 0.1) is 17.2 Å². The Morgan fingerprint density at radius 2 is 1.73 bits per heavy atom. The monoisotopic (exact) mass is 476 g/mol. The van der Waals surface area contributed by atoms with E-state index < -0.39 is 0 Å². The van der Waals surface area contributed by atoms with Crippen molar-refractivity contribution in [3.05, 3.63) is 28.5 Å². The van der Waals surface area contributed by atoms with Gasteiger partial charge >= 0.3 is 0 Å². The van der Waals surface area contributed by atoms with Crippen molar-refractivity contribution in [1.29, 1.82) is 0 Å². The van der Waals surface area contributed by atoms with E-state index in [1.807, 2.05) is 30.9 Å². The number of carbonyl (C=O) groups excluding carboxylic acids is 1. The molecular weight excluding hydrogens is 440 g/mol. The molecule has 3 heterocycles. The average Bonchev–Trinajstić information content (AvgIpc) is 3.11. The largest absolute Gasteiger partial charge is 0.489 e. The van der Waals surface area contributed by atoms with Crippen molar-refractivity contribution in [2.45, 2.75) is 84.7 Å². The Morgan fingerprint density at radius 3 is 2.30 bits per heavy atom. The van der Waals surface area contributed by atoms with Gasteiger partial charge in [0.2, 0.25) is 0 Å². The van der Waals surface area contributed by atoms with Crippen molar-refractivity contribution in [3.63, 3.8) is 0 Å². The highest BCUT2D eigenvalue weighted by Gasteiger charge is 2.32. The lowest BCUT2D eigenvalue weighted by atomic mass is 9.98. The van der Waals surface area contributed by atoms with Crippen LogP contribution in [0.5, 0.6) is 5.75 Å². The van der Waals surface area contributed by atoms with Gasteiger partial charge in [-0.15, -0.1) is 0 Å². The molecule has 7 heteroatoms. The topological polar surface area (TPSA) is 55.2 Å². The zero-order chi connectivity index (χ0) is 23.9. The van der Waals surface area contributed by atoms with Crippen molar-refractivity contribution in [2.75, 3.05) is 26.2 Å². The summed E-state index contributed by atoms with van der Waals surface area (Å²) in [5, 5.41) is 1.44. The van der Waals surface area contributed by atoms with Crippen LogP contribution in [0.3, 0.4) is 0 Å². The summed E-state index contributed by atoms with van der Waals surface area (Å²) in [4.78, 5) is 17.8. The molecule has 1 amide bonds. The van der Waals surface area contributed by atoms with Gasteiger partial charge in [0.1, 0.15) is 17.4 Å². The summed E-state index contributed by atoms with van der Waals surface area (Å²) < 4.78 is 18.3. The number of amides is 1. The van der Waals surface area contributed by atoms with Gasteiger partial charge in [0.15, 0.2) is 5.76 Å². The second-order valence-corrected chi connectivity index (χ2v) is 10.6. The van der Waals surface area contributed by atoms with E-state index in [0.717, 1.165) is 36.9 Å².